The summed E-state index contributed by atoms with van der Waals surface area (Å²) in [5.41, 5.74) is 2.51. The van der Waals surface area contributed by atoms with Crippen LogP contribution >= 0.6 is 34.8 Å². The number of para-hydroxylation sites is 1. The topological polar surface area (TPSA) is 85.9 Å². The molecule has 3 aromatic rings. The standard InChI is InChI=1S/C25H24Cl3N5O3/c1-36-22-10-5-16(26)15-21(22)30-24(34)29-17-6-8-18(9-7-17)32-11-13-33(14-12-32)25(35)31-23-19(27)3-2-4-20(23)28/h2-10,15H,11-14H2,1H3,(H,31,35)(H2,29,30,34). The highest BCUT2D eigenvalue weighted by atomic mass is 35.5. The number of amides is 4. The second kappa shape index (κ2) is 11.6. The van der Waals surface area contributed by atoms with E-state index >= 15 is 0 Å². The van der Waals surface area contributed by atoms with E-state index in [1.54, 1.807) is 41.3 Å². The van der Waals surface area contributed by atoms with Crippen molar-refractivity contribution in [1.82, 2.24) is 4.90 Å². The molecule has 1 fully saturated rings. The summed E-state index contributed by atoms with van der Waals surface area (Å²) in [6, 6.07) is 16.9. The van der Waals surface area contributed by atoms with Crippen LogP contribution in [0.2, 0.25) is 15.1 Å². The molecule has 4 rings (SSSR count). The number of benzene rings is 3. The zero-order valence-corrected chi connectivity index (χ0v) is 21.6. The van der Waals surface area contributed by atoms with Crippen molar-refractivity contribution in [2.45, 2.75) is 0 Å². The van der Waals surface area contributed by atoms with E-state index in [0.717, 1.165) is 5.69 Å². The van der Waals surface area contributed by atoms with Gasteiger partial charge in [0.15, 0.2) is 0 Å². The number of hydrogen-bond donors (Lipinski definition) is 3. The summed E-state index contributed by atoms with van der Waals surface area (Å²) in [5.74, 6) is 0.507. The SMILES string of the molecule is COc1ccc(Cl)cc1NC(=O)Nc1ccc(N2CCN(C(=O)Nc3c(Cl)cccc3Cl)CC2)cc1. The van der Waals surface area contributed by atoms with Crippen molar-refractivity contribution in [2.75, 3.05) is 54.1 Å². The van der Waals surface area contributed by atoms with E-state index in [1.807, 2.05) is 24.3 Å². The van der Waals surface area contributed by atoms with E-state index in [2.05, 4.69) is 20.9 Å². The van der Waals surface area contributed by atoms with E-state index in [0.29, 0.717) is 64.1 Å². The van der Waals surface area contributed by atoms with Gasteiger partial charge in [-0.1, -0.05) is 40.9 Å². The first-order chi connectivity index (χ1) is 17.3. The minimum absolute atomic E-state index is 0.244. The third-order valence-corrected chi connectivity index (χ3v) is 6.53. The Morgan fingerprint density at radius 3 is 2.14 bits per heavy atom. The molecular formula is C25H24Cl3N5O3. The van der Waals surface area contributed by atoms with E-state index in [-0.39, 0.29) is 6.03 Å². The van der Waals surface area contributed by atoms with Gasteiger partial charge in [0.25, 0.3) is 0 Å². The van der Waals surface area contributed by atoms with E-state index < -0.39 is 6.03 Å². The lowest BCUT2D eigenvalue weighted by Crippen LogP contribution is -2.50. The fourth-order valence-electron chi connectivity index (χ4n) is 3.79. The maximum absolute atomic E-state index is 12.7. The number of urea groups is 2. The highest BCUT2D eigenvalue weighted by Gasteiger charge is 2.22. The number of halogens is 3. The maximum Gasteiger partial charge on any atom is 0.323 e. The molecule has 8 nitrogen and oxygen atoms in total. The van der Waals surface area contributed by atoms with E-state index in [1.165, 1.54) is 7.11 Å². The van der Waals surface area contributed by atoms with Crippen LogP contribution in [-0.2, 0) is 0 Å². The monoisotopic (exact) mass is 547 g/mol. The molecule has 0 bridgehead atoms. The van der Waals surface area contributed by atoms with Gasteiger partial charge in [0.2, 0.25) is 0 Å². The van der Waals surface area contributed by atoms with Crippen molar-refractivity contribution >= 4 is 69.6 Å². The van der Waals surface area contributed by atoms with Gasteiger partial charge in [-0.2, -0.15) is 0 Å². The van der Waals surface area contributed by atoms with Crippen LogP contribution in [0, 0.1) is 0 Å². The molecule has 3 aromatic carbocycles. The summed E-state index contributed by atoms with van der Waals surface area (Å²) in [7, 11) is 1.52. The molecule has 0 spiro atoms. The maximum atomic E-state index is 12.7. The number of anilines is 4. The molecular weight excluding hydrogens is 525 g/mol. The molecule has 1 saturated heterocycles. The van der Waals surface area contributed by atoms with Gasteiger partial charge in [0, 0.05) is 42.6 Å². The number of piperazine rings is 1. The third-order valence-electron chi connectivity index (χ3n) is 5.66. The zero-order chi connectivity index (χ0) is 25.7. The van der Waals surface area contributed by atoms with Gasteiger partial charge in [-0.3, -0.25) is 0 Å². The average molecular weight is 549 g/mol. The van der Waals surface area contributed by atoms with Gasteiger partial charge in [-0.05, 0) is 54.6 Å². The molecule has 1 heterocycles. The predicted octanol–water partition coefficient (Wildman–Crippen LogP) is 6.65. The van der Waals surface area contributed by atoms with Crippen molar-refractivity contribution in [3.05, 3.63) is 75.7 Å². The quantitative estimate of drug-likeness (QED) is 0.333. The Morgan fingerprint density at radius 1 is 0.833 bits per heavy atom. The molecule has 0 radical (unpaired) electrons. The minimum Gasteiger partial charge on any atom is -0.495 e. The van der Waals surface area contributed by atoms with Gasteiger partial charge in [0.05, 0.1) is 28.5 Å². The molecule has 3 N–H and O–H groups in total. The fourth-order valence-corrected chi connectivity index (χ4v) is 4.45. The number of ether oxygens (including phenoxy) is 1. The smallest absolute Gasteiger partial charge is 0.323 e. The molecule has 1 aliphatic heterocycles. The second-order valence-electron chi connectivity index (χ2n) is 7.97. The molecule has 0 atom stereocenters. The Morgan fingerprint density at radius 2 is 1.50 bits per heavy atom. The highest BCUT2D eigenvalue weighted by molar-refractivity contribution is 6.39. The minimum atomic E-state index is -0.415. The van der Waals surface area contributed by atoms with Crippen molar-refractivity contribution < 1.29 is 14.3 Å². The van der Waals surface area contributed by atoms with Crippen molar-refractivity contribution in [2.24, 2.45) is 0 Å². The number of nitrogens with zero attached hydrogens (tertiary/aromatic N) is 2. The van der Waals surface area contributed by atoms with Crippen molar-refractivity contribution in [3.8, 4) is 5.75 Å². The Kier molecular flexibility index (Phi) is 8.30. The Bertz CT molecular complexity index is 1230. The van der Waals surface area contributed by atoms with Gasteiger partial charge < -0.3 is 30.5 Å². The summed E-state index contributed by atoms with van der Waals surface area (Å²) in [5, 5.41) is 9.60. The first-order valence-corrected chi connectivity index (χ1v) is 12.2. The Balaban J connectivity index is 1.29. The number of nitrogens with one attached hydrogen (secondary N) is 3. The number of methoxy groups -OCH3 is 1. The van der Waals surface area contributed by atoms with Crippen LogP contribution in [0.3, 0.4) is 0 Å². The van der Waals surface area contributed by atoms with Crippen LogP contribution < -0.4 is 25.6 Å². The summed E-state index contributed by atoms with van der Waals surface area (Å²) < 4.78 is 5.25. The lowest BCUT2D eigenvalue weighted by atomic mass is 10.2. The average Bonchev–Trinajstić information content (AvgIpc) is 2.87. The van der Waals surface area contributed by atoms with Crippen LogP contribution in [0.1, 0.15) is 0 Å². The summed E-state index contributed by atoms with van der Waals surface area (Å²) in [6.45, 7) is 2.40. The molecule has 11 heteroatoms. The first kappa shape index (κ1) is 25.8. The molecule has 36 heavy (non-hydrogen) atoms. The van der Waals surface area contributed by atoms with Gasteiger partial charge in [-0.25, -0.2) is 9.59 Å². The van der Waals surface area contributed by atoms with Gasteiger partial charge in [-0.15, -0.1) is 0 Å². The highest BCUT2D eigenvalue weighted by Crippen LogP contribution is 2.30. The fraction of sp³-hybridized carbons (Fsp3) is 0.200. The molecule has 0 saturated carbocycles. The molecule has 4 amide bonds. The zero-order valence-electron chi connectivity index (χ0n) is 19.4. The van der Waals surface area contributed by atoms with Crippen molar-refractivity contribution in [1.29, 1.82) is 0 Å². The lowest BCUT2D eigenvalue weighted by Gasteiger charge is -2.36. The number of carbonyl (C=O) groups excluding carboxylic acids is 2. The van der Waals surface area contributed by atoms with Gasteiger partial charge >= 0.3 is 12.1 Å². The third kappa shape index (κ3) is 6.26. The summed E-state index contributed by atoms with van der Waals surface area (Å²) in [6.07, 6.45) is 0. The second-order valence-corrected chi connectivity index (χ2v) is 9.22. The summed E-state index contributed by atoms with van der Waals surface area (Å²) >= 11 is 18.3. The van der Waals surface area contributed by atoms with Crippen LogP contribution in [0.25, 0.3) is 0 Å². The largest absolute Gasteiger partial charge is 0.495 e. The van der Waals surface area contributed by atoms with Gasteiger partial charge in [0.1, 0.15) is 5.75 Å². The predicted molar refractivity (Wildman–Crippen MR) is 146 cm³/mol. The molecule has 0 unspecified atom stereocenters. The van der Waals surface area contributed by atoms with Crippen LogP contribution in [0.4, 0.5) is 32.3 Å². The van der Waals surface area contributed by atoms with Crippen LogP contribution in [0.15, 0.2) is 60.7 Å². The van der Waals surface area contributed by atoms with E-state index in [4.69, 9.17) is 39.5 Å². The van der Waals surface area contributed by atoms with Crippen LogP contribution in [0.5, 0.6) is 5.75 Å². The van der Waals surface area contributed by atoms with Crippen molar-refractivity contribution in [3.63, 3.8) is 0 Å². The number of hydrogen-bond acceptors (Lipinski definition) is 4. The number of rotatable bonds is 5. The number of carbonyl (C=O) groups is 2. The molecule has 188 valence electrons. The van der Waals surface area contributed by atoms with Crippen LogP contribution in [-0.4, -0.2) is 50.3 Å². The molecule has 0 aliphatic carbocycles. The van der Waals surface area contributed by atoms with E-state index in [9.17, 15) is 9.59 Å². The molecule has 1 aliphatic rings. The Labute approximate surface area is 224 Å². The lowest BCUT2D eigenvalue weighted by molar-refractivity contribution is 0.208. The molecule has 0 aromatic heterocycles. The summed E-state index contributed by atoms with van der Waals surface area (Å²) in [4.78, 5) is 29.0. The normalized spacial score (nSPS) is 13.2. The first-order valence-electron chi connectivity index (χ1n) is 11.1. The Hall–Kier alpha value is -3.33.